The molecule has 1 aromatic carbocycles. The highest BCUT2D eigenvalue weighted by atomic mass is 15.1. The van der Waals surface area contributed by atoms with E-state index < -0.39 is 0 Å². The second kappa shape index (κ2) is 5.17. The van der Waals surface area contributed by atoms with Crippen molar-refractivity contribution in [3.05, 3.63) is 47.8 Å². The Labute approximate surface area is 109 Å². The summed E-state index contributed by atoms with van der Waals surface area (Å²) in [4.78, 5) is 2.12. The Morgan fingerprint density at radius 3 is 2.56 bits per heavy atom. The lowest BCUT2D eigenvalue weighted by atomic mass is 10.1. The highest BCUT2D eigenvalue weighted by molar-refractivity contribution is 5.59. The molecule has 96 valence electrons. The number of hydrogen-bond acceptors (Lipinski definition) is 2. The monoisotopic (exact) mass is 243 g/mol. The Kier molecular flexibility index (Phi) is 3.60. The van der Waals surface area contributed by atoms with Crippen LogP contribution in [0.4, 0.5) is 11.4 Å². The summed E-state index contributed by atoms with van der Waals surface area (Å²) >= 11 is 0. The van der Waals surface area contributed by atoms with Crippen molar-refractivity contribution < 1.29 is 0 Å². The molecule has 0 saturated heterocycles. The molecule has 0 spiro atoms. The number of rotatable bonds is 4. The van der Waals surface area contributed by atoms with Crippen LogP contribution in [0.2, 0.25) is 0 Å². The molecule has 1 aromatic heterocycles. The van der Waals surface area contributed by atoms with Gasteiger partial charge in [-0.1, -0.05) is 0 Å². The zero-order valence-electron chi connectivity index (χ0n) is 11.6. The molecule has 0 aliphatic heterocycles. The summed E-state index contributed by atoms with van der Waals surface area (Å²) < 4.78 is 2.07. The van der Waals surface area contributed by atoms with Crippen molar-refractivity contribution in [1.82, 2.24) is 4.57 Å². The van der Waals surface area contributed by atoms with Gasteiger partial charge in [-0.15, -0.1) is 0 Å². The smallest absolute Gasteiger partial charge is 0.0415 e. The van der Waals surface area contributed by atoms with E-state index in [1.807, 2.05) is 7.05 Å². The Balaban J connectivity index is 2.05. The number of nitrogens with one attached hydrogen (secondary N) is 1. The molecule has 0 aliphatic rings. The number of hydrogen-bond donors (Lipinski definition) is 1. The van der Waals surface area contributed by atoms with Gasteiger partial charge in [-0.25, -0.2) is 0 Å². The Morgan fingerprint density at radius 2 is 2.00 bits per heavy atom. The van der Waals surface area contributed by atoms with Crippen LogP contribution in [0.1, 0.15) is 11.1 Å². The molecular formula is C15H21N3. The molecule has 3 heteroatoms. The fourth-order valence-electron chi connectivity index (χ4n) is 1.99. The van der Waals surface area contributed by atoms with Gasteiger partial charge in [0.25, 0.3) is 0 Å². The third kappa shape index (κ3) is 2.86. The normalized spacial score (nSPS) is 10.4. The molecule has 1 N–H and O–H groups in total. The summed E-state index contributed by atoms with van der Waals surface area (Å²) in [6.07, 6.45) is 4.20. The van der Waals surface area contributed by atoms with Crippen molar-refractivity contribution in [3.63, 3.8) is 0 Å². The summed E-state index contributed by atoms with van der Waals surface area (Å²) in [7, 11) is 6.16. The van der Waals surface area contributed by atoms with E-state index in [0.717, 1.165) is 6.54 Å². The van der Waals surface area contributed by atoms with Crippen molar-refractivity contribution in [2.24, 2.45) is 7.05 Å². The first-order valence-corrected chi connectivity index (χ1v) is 6.19. The fraction of sp³-hybridized carbons (Fsp3) is 0.333. The van der Waals surface area contributed by atoms with Crippen LogP contribution in [0.3, 0.4) is 0 Å². The molecule has 0 aliphatic carbocycles. The first kappa shape index (κ1) is 12.6. The van der Waals surface area contributed by atoms with Crippen molar-refractivity contribution >= 4 is 11.4 Å². The average molecular weight is 243 g/mol. The van der Waals surface area contributed by atoms with Crippen LogP contribution in [-0.2, 0) is 13.6 Å². The SMILES string of the molecule is Cc1cc(N(C)C)ccc1NCc1ccn(C)c1. The third-order valence-electron chi connectivity index (χ3n) is 3.10. The number of aromatic nitrogens is 1. The van der Waals surface area contributed by atoms with Gasteiger partial charge in [-0.05, 0) is 42.3 Å². The standard InChI is InChI=1S/C15H21N3/c1-12-9-14(17(2)3)5-6-15(12)16-10-13-7-8-18(4)11-13/h5-9,11,16H,10H2,1-4H3. The van der Waals surface area contributed by atoms with Crippen LogP contribution >= 0.6 is 0 Å². The van der Waals surface area contributed by atoms with Gasteiger partial charge in [0.05, 0.1) is 0 Å². The summed E-state index contributed by atoms with van der Waals surface area (Å²) in [5.41, 5.74) is 5.01. The molecular weight excluding hydrogens is 222 g/mol. The first-order chi connectivity index (χ1) is 8.56. The van der Waals surface area contributed by atoms with Crippen molar-refractivity contribution in [1.29, 1.82) is 0 Å². The molecule has 2 aromatic rings. The van der Waals surface area contributed by atoms with Gasteiger partial charge in [-0.2, -0.15) is 0 Å². The zero-order chi connectivity index (χ0) is 13.1. The van der Waals surface area contributed by atoms with Gasteiger partial charge in [0.2, 0.25) is 0 Å². The minimum atomic E-state index is 0.864. The van der Waals surface area contributed by atoms with E-state index in [2.05, 4.69) is 72.5 Å². The summed E-state index contributed by atoms with van der Waals surface area (Å²) in [6.45, 7) is 3.00. The van der Waals surface area contributed by atoms with Gasteiger partial charge in [0, 0.05) is 51.5 Å². The van der Waals surface area contributed by atoms with Crippen LogP contribution in [0, 0.1) is 6.92 Å². The predicted octanol–water partition coefficient (Wildman–Crippen LogP) is 3.01. The number of nitrogens with zero attached hydrogens (tertiary/aromatic N) is 2. The maximum atomic E-state index is 3.48. The van der Waals surface area contributed by atoms with E-state index in [0.29, 0.717) is 0 Å². The maximum absolute atomic E-state index is 3.48. The quantitative estimate of drug-likeness (QED) is 0.890. The van der Waals surface area contributed by atoms with E-state index in [4.69, 9.17) is 0 Å². The molecule has 1 heterocycles. The molecule has 18 heavy (non-hydrogen) atoms. The van der Waals surface area contributed by atoms with Crippen LogP contribution in [0.15, 0.2) is 36.7 Å². The topological polar surface area (TPSA) is 20.2 Å². The predicted molar refractivity (Wildman–Crippen MR) is 78.2 cm³/mol. The van der Waals surface area contributed by atoms with Crippen LogP contribution < -0.4 is 10.2 Å². The molecule has 0 atom stereocenters. The molecule has 0 bridgehead atoms. The molecule has 0 saturated carbocycles. The first-order valence-electron chi connectivity index (χ1n) is 6.19. The molecule has 3 nitrogen and oxygen atoms in total. The minimum Gasteiger partial charge on any atom is -0.381 e. The molecule has 0 fully saturated rings. The average Bonchev–Trinajstić information content (AvgIpc) is 2.73. The Bertz CT molecular complexity index is 526. The van der Waals surface area contributed by atoms with Gasteiger partial charge in [0.15, 0.2) is 0 Å². The van der Waals surface area contributed by atoms with Gasteiger partial charge in [0.1, 0.15) is 0 Å². The van der Waals surface area contributed by atoms with Crippen molar-refractivity contribution in [2.75, 3.05) is 24.3 Å². The molecule has 0 radical (unpaired) electrons. The second-order valence-electron chi connectivity index (χ2n) is 4.93. The lowest BCUT2D eigenvalue weighted by Gasteiger charge is -2.15. The van der Waals surface area contributed by atoms with Gasteiger partial charge < -0.3 is 14.8 Å². The Hall–Kier alpha value is -1.90. The molecule has 2 rings (SSSR count). The highest BCUT2D eigenvalue weighted by Crippen LogP contribution is 2.21. The van der Waals surface area contributed by atoms with Gasteiger partial charge >= 0.3 is 0 Å². The second-order valence-corrected chi connectivity index (χ2v) is 4.93. The molecule has 0 amide bonds. The van der Waals surface area contributed by atoms with Crippen molar-refractivity contribution in [3.8, 4) is 0 Å². The summed E-state index contributed by atoms with van der Waals surface area (Å²) in [6, 6.07) is 8.62. The van der Waals surface area contributed by atoms with Crippen molar-refractivity contribution in [2.45, 2.75) is 13.5 Å². The minimum absolute atomic E-state index is 0.864. The van der Waals surface area contributed by atoms with E-state index in [1.165, 1.54) is 22.5 Å². The van der Waals surface area contributed by atoms with Gasteiger partial charge in [-0.3, -0.25) is 0 Å². The van der Waals surface area contributed by atoms with Crippen LogP contribution in [-0.4, -0.2) is 18.7 Å². The largest absolute Gasteiger partial charge is 0.381 e. The lowest BCUT2D eigenvalue weighted by molar-refractivity contribution is 0.920. The number of anilines is 2. The maximum Gasteiger partial charge on any atom is 0.0415 e. The third-order valence-corrected chi connectivity index (χ3v) is 3.10. The van der Waals surface area contributed by atoms with Crippen LogP contribution in [0.5, 0.6) is 0 Å². The van der Waals surface area contributed by atoms with Crippen LogP contribution in [0.25, 0.3) is 0 Å². The highest BCUT2D eigenvalue weighted by Gasteiger charge is 2.02. The lowest BCUT2D eigenvalue weighted by Crippen LogP contribution is -2.09. The van der Waals surface area contributed by atoms with E-state index in [1.54, 1.807) is 0 Å². The van der Waals surface area contributed by atoms with E-state index in [-0.39, 0.29) is 0 Å². The number of aryl methyl sites for hydroxylation is 2. The summed E-state index contributed by atoms with van der Waals surface area (Å²) in [5, 5.41) is 3.48. The van der Waals surface area contributed by atoms with E-state index >= 15 is 0 Å². The zero-order valence-corrected chi connectivity index (χ0v) is 11.6. The fourth-order valence-corrected chi connectivity index (χ4v) is 1.99. The number of benzene rings is 1. The Morgan fingerprint density at radius 1 is 1.22 bits per heavy atom. The van der Waals surface area contributed by atoms with E-state index in [9.17, 15) is 0 Å². The summed E-state index contributed by atoms with van der Waals surface area (Å²) in [5.74, 6) is 0. The molecule has 0 unspecified atom stereocenters.